The fraction of sp³-hybridized carbons (Fsp3) is 0.478. The molecule has 5 heterocycles. The molecule has 0 radical (unpaired) electrons. The maximum absolute atomic E-state index is 13.1. The Kier molecular flexibility index (Phi) is 5.18. The van der Waals surface area contributed by atoms with Crippen molar-refractivity contribution in [2.45, 2.75) is 57.4 Å². The molecule has 0 atom stereocenters. The van der Waals surface area contributed by atoms with Gasteiger partial charge in [-0.25, -0.2) is 23.7 Å². The number of aryl methyl sites for hydroxylation is 1. The van der Waals surface area contributed by atoms with Crippen molar-refractivity contribution in [2.24, 2.45) is 0 Å². The van der Waals surface area contributed by atoms with E-state index < -0.39 is 18.8 Å². The van der Waals surface area contributed by atoms with Crippen molar-refractivity contribution in [3.05, 3.63) is 30.5 Å². The highest BCUT2D eigenvalue weighted by Crippen LogP contribution is 2.36. The average molecular weight is 469 g/mol. The Balaban J connectivity index is 1.24. The number of hydrogen-bond acceptors (Lipinski definition) is 7. The first-order valence-corrected chi connectivity index (χ1v) is 11.5. The molecule has 4 aromatic rings. The summed E-state index contributed by atoms with van der Waals surface area (Å²) < 4.78 is 39.2. The minimum Gasteiger partial charge on any atom is -0.351 e. The van der Waals surface area contributed by atoms with Gasteiger partial charge in [0.15, 0.2) is 11.4 Å². The number of fused-ring (bicyclic) bond motifs is 2. The smallest absolute Gasteiger partial charge is 0.256 e. The number of hydrogen-bond donors (Lipinski definition) is 2. The van der Waals surface area contributed by atoms with Crippen molar-refractivity contribution in [3.63, 3.8) is 0 Å². The molecule has 0 amide bonds. The number of nitrogens with zero attached hydrogens (tertiary/aromatic N) is 5. The van der Waals surface area contributed by atoms with Crippen LogP contribution in [-0.4, -0.2) is 61.0 Å². The molecule has 1 aliphatic carbocycles. The van der Waals surface area contributed by atoms with E-state index in [0.29, 0.717) is 41.8 Å². The molecular formula is C23H25F2N7O2. The SMILES string of the molecule is Cc1nc2ncc(-c3c[nH]c4nc(NC5CCC6(CC5)OCCO6)ncc34)cc2n1CC(F)F. The third-order valence-electron chi connectivity index (χ3n) is 6.75. The van der Waals surface area contributed by atoms with Gasteiger partial charge in [0.2, 0.25) is 5.95 Å². The van der Waals surface area contributed by atoms with E-state index in [0.717, 1.165) is 42.2 Å². The third-order valence-corrected chi connectivity index (χ3v) is 6.75. The molecule has 178 valence electrons. The fourth-order valence-corrected chi connectivity index (χ4v) is 5.02. The van der Waals surface area contributed by atoms with Gasteiger partial charge in [-0.1, -0.05) is 0 Å². The van der Waals surface area contributed by atoms with Crippen molar-refractivity contribution in [3.8, 4) is 11.1 Å². The van der Waals surface area contributed by atoms with Crippen LogP contribution in [0.15, 0.2) is 24.7 Å². The molecule has 2 fully saturated rings. The molecule has 2 aliphatic rings. The molecule has 1 aliphatic heterocycles. The molecule has 0 unspecified atom stereocenters. The summed E-state index contributed by atoms with van der Waals surface area (Å²) in [5, 5.41) is 4.26. The Bertz CT molecular complexity index is 1340. The molecular weight excluding hydrogens is 444 g/mol. The summed E-state index contributed by atoms with van der Waals surface area (Å²) in [6.45, 7) is 2.63. The molecule has 1 saturated heterocycles. The lowest BCUT2D eigenvalue weighted by molar-refractivity contribution is -0.177. The average Bonchev–Trinajstić information content (AvgIpc) is 3.53. The van der Waals surface area contributed by atoms with E-state index in [1.165, 1.54) is 4.57 Å². The van der Waals surface area contributed by atoms with Crippen LogP contribution < -0.4 is 5.32 Å². The van der Waals surface area contributed by atoms with Crippen molar-refractivity contribution in [1.29, 1.82) is 0 Å². The topological polar surface area (TPSA) is 103 Å². The van der Waals surface area contributed by atoms with Gasteiger partial charge < -0.3 is 24.3 Å². The zero-order chi connectivity index (χ0) is 23.3. The van der Waals surface area contributed by atoms with Crippen LogP contribution in [0.1, 0.15) is 31.5 Å². The minimum absolute atomic E-state index is 0.260. The number of aromatic nitrogens is 6. The van der Waals surface area contributed by atoms with Crippen LogP contribution >= 0.6 is 0 Å². The number of alkyl halides is 2. The Morgan fingerprint density at radius 1 is 1.18 bits per heavy atom. The first-order valence-electron chi connectivity index (χ1n) is 11.5. The number of anilines is 1. The van der Waals surface area contributed by atoms with E-state index in [4.69, 9.17) is 9.47 Å². The lowest BCUT2D eigenvalue weighted by Crippen LogP contribution is -2.39. The number of imidazole rings is 1. The Morgan fingerprint density at radius 3 is 2.74 bits per heavy atom. The summed E-state index contributed by atoms with van der Waals surface area (Å²) in [4.78, 5) is 21.1. The second-order valence-electron chi connectivity index (χ2n) is 8.91. The van der Waals surface area contributed by atoms with Gasteiger partial charge in [-0.05, 0) is 25.8 Å². The van der Waals surface area contributed by atoms with Gasteiger partial charge in [0.1, 0.15) is 11.5 Å². The van der Waals surface area contributed by atoms with E-state index in [1.807, 2.05) is 12.3 Å². The van der Waals surface area contributed by atoms with Gasteiger partial charge in [0.25, 0.3) is 6.43 Å². The van der Waals surface area contributed by atoms with Crippen LogP contribution in [0.4, 0.5) is 14.7 Å². The molecule has 6 rings (SSSR count). The lowest BCUT2D eigenvalue weighted by Gasteiger charge is -2.35. The number of halogens is 2. The monoisotopic (exact) mass is 469 g/mol. The van der Waals surface area contributed by atoms with Gasteiger partial charge in [-0.2, -0.15) is 4.98 Å². The largest absolute Gasteiger partial charge is 0.351 e. The van der Waals surface area contributed by atoms with Crippen LogP contribution in [0.2, 0.25) is 0 Å². The fourth-order valence-electron chi connectivity index (χ4n) is 5.02. The summed E-state index contributed by atoms with van der Waals surface area (Å²) in [7, 11) is 0. The van der Waals surface area contributed by atoms with Gasteiger partial charge in [0, 0.05) is 54.0 Å². The molecule has 2 N–H and O–H groups in total. The van der Waals surface area contributed by atoms with E-state index in [1.54, 1.807) is 19.3 Å². The van der Waals surface area contributed by atoms with Gasteiger partial charge in [-0.15, -0.1) is 0 Å². The Labute approximate surface area is 193 Å². The molecule has 34 heavy (non-hydrogen) atoms. The number of H-pyrrole nitrogens is 1. The maximum atomic E-state index is 13.1. The minimum atomic E-state index is -2.47. The van der Waals surface area contributed by atoms with Crippen LogP contribution in [0.5, 0.6) is 0 Å². The lowest BCUT2D eigenvalue weighted by atomic mass is 9.90. The van der Waals surface area contributed by atoms with E-state index in [9.17, 15) is 8.78 Å². The van der Waals surface area contributed by atoms with E-state index in [2.05, 4.69) is 30.2 Å². The molecule has 11 heteroatoms. The van der Waals surface area contributed by atoms with Gasteiger partial charge in [0.05, 0.1) is 25.3 Å². The summed E-state index contributed by atoms with van der Waals surface area (Å²) in [5.41, 5.74) is 3.36. The van der Waals surface area contributed by atoms with Crippen LogP contribution in [0, 0.1) is 6.92 Å². The Hall–Kier alpha value is -3.18. The van der Waals surface area contributed by atoms with Crippen molar-refractivity contribution < 1.29 is 18.3 Å². The van der Waals surface area contributed by atoms with Crippen LogP contribution in [0.25, 0.3) is 33.3 Å². The quantitative estimate of drug-likeness (QED) is 0.455. The molecule has 1 saturated carbocycles. The van der Waals surface area contributed by atoms with Crippen molar-refractivity contribution >= 4 is 28.1 Å². The standard InChI is InChI=1S/C23H25F2N7O2/c1-13-29-21-18(32(13)12-19(24)25)8-14(9-26-21)16-10-27-20-17(16)11-28-22(31-20)30-15-2-4-23(5-3-15)33-6-7-34-23/h8-11,15,19H,2-7,12H2,1H3,(H2,27,28,30,31). The number of aromatic amines is 1. The van der Waals surface area contributed by atoms with Crippen molar-refractivity contribution in [2.75, 3.05) is 18.5 Å². The first-order chi connectivity index (χ1) is 16.5. The Morgan fingerprint density at radius 2 is 1.97 bits per heavy atom. The second-order valence-corrected chi connectivity index (χ2v) is 8.91. The van der Waals surface area contributed by atoms with Crippen LogP contribution in [0.3, 0.4) is 0 Å². The highest BCUT2D eigenvalue weighted by molar-refractivity contribution is 5.95. The molecule has 9 nitrogen and oxygen atoms in total. The summed E-state index contributed by atoms with van der Waals surface area (Å²) in [6, 6.07) is 2.10. The van der Waals surface area contributed by atoms with E-state index >= 15 is 0 Å². The molecule has 1 spiro atoms. The zero-order valence-corrected chi connectivity index (χ0v) is 18.7. The summed E-state index contributed by atoms with van der Waals surface area (Å²) in [6.07, 6.45) is 6.40. The normalized spacial score (nSPS) is 18.6. The number of rotatable bonds is 5. The highest BCUT2D eigenvalue weighted by atomic mass is 19.3. The van der Waals surface area contributed by atoms with Gasteiger partial charge >= 0.3 is 0 Å². The molecule has 0 bridgehead atoms. The third kappa shape index (κ3) is 3.78. The van der Waals surface area contributed by atoms with Gasteiger partial charge in [-0.3, -0.25) is 0 Å². The predicted molar refractivity (Wildman–Crippen MR) is 122 cm³/mol. The van der Waals surface area contributed by atoms with E-state index in [-0.39, 0.29) is 6.04 Å². The first kappa shape index (κ1) is 21.4. The van der Waals surface area contributed by atoms with Crippen LogP contribution in [-0.2, 0) is 16.0 Å². The maximum Gasteiger partial charge on any atom is 0.256 e. The number of ether oxygens (including phenoxy) is 2. The predicted octanol–water partition coefficient (Wildman–Crippen LogP) is 4.04. The number of nitrogens with one attached hydrogen (secondary N) is 2. The second kappa shape index (κ2) is 8.24. The highest BCUT2D eigenvalue weighted by Gasteiger charge is 2.40. The summed E-state index contributed by atoms with van der Waals surface area (Å²) >= 11 is 0. The summed E-state index contributed by atoms with van der Waals surface area (Å²) in [5.74, 6) is 0.683. The number of pyridine rings is 1. The molecule has 0 aromatic carbocycles. The zero-order valence-electron chi connectivity index (χ0n) is 18.7. The van der Waals surface area contributed by atoms with Crippen molar-refractivity contribution in [1.82, 2.24) is 29.5 Å². The molecule has 4 aromatic heterocycles.